The Balaban J connectivity index is 2.22. The number of hydrogen-bond acceptors (Lipinski definition) is 4. The highest BCUT2D eigenvalue weighted by atomic mass is 16.5. The minimum Gasteiger partial charge on any atom is -0.491 e. The Morgan fingerprint density at radius 2 is 2.00 bits per heavy atom. The number of hydrogen-bond donors (Lipinski definition) is 2. The molecule has 0 unspecified atom stereocenters. The molecule has 0 atom stereocenters. The lowest BCUT2D eigenvalue weighted by atomic mass is 10.1. The molecule has 0 saturated carbocycles. The summed E-state index contributed by atoms with van der Waals surface area (Å²) >= 11 is 0. The molecule has 0 fully saturated rings. The zero-order valence-electron chi connectivity index (χ0n) is 12.8. The average molecular weight is 280 g/mol. The van der Waals surface area contributed by atoms with Crippen LogP contribution >= 0.6 is 0 Å². The van der Waals surface area contributed by atoms with Crippen molar-refractivity contribution in [2.45, 2.75) is 33.1 Å². The van der Waals surface area contributed by atoms with Gasteiger partial charge in [0, 0.05) is 13.2 Å². The Morgan fingerprint density at radius 1 is 1.15 bits per heavy atom. The molecule has 114 valence electrons. The summed E-state index contributed by atoms with van der Waals surface area (Å²) in [6.07, 6.45) is 3.03. The number of nitrogens with two attached hydrogens (primary N) is 1. The number of nitrogens with one attached hydrogen (secondary N) is 1. The van der Waals surface area contributed by atoms with Gasteiger partial charge >= 0.3 is 0 Å². The van der Waals surface area contributed by atoms with E-state index in [9.17, 15) is 0 Å². The standard InChI is InChI=1S/C16H28N2O2/c1-3-11-20-16-7-6-14(13-15(16)17)8-10-18-9-5-12-19-4-2/h6-7,13,18H,3-5,8-12,17H2,1-2H3. The second-order valence-electron chi connectivity index (χ2n) is 4.77. The molecule has 0 spiro atoms. The van der Waals surface area contributed by atoms with Crippen molar-refractivity contribution in [3.05, 3.63) is 23.8 Å². The average Bonchev–Trinajstić information content (AvgIpc) is 2.45. The van der Waals surface area contributed by atoms with E-state index in [0.717, 1.165) is 57.0 Å². The summed E-state index contributed by atoms with van der Waals surface area (Å²) in [4.78, 5) is 0. The molecule has 0 bridgehead atoms. The monoisotopic (exact) mass is 280 g/mol. The lowest BCUT2D eigenvalue weighted by molar-refractivity contribution is 0.145. The predicted octanol–water partition coefficient (Wildman–Crippen LogP) is 2.62. The fourth-order valence-electron chi connectivity index (χ4n) is 1.90. The Bertz CT molecular complexity index is 369. The zero-order valence-corrected chi connectivity index (χ0v) is 12.8. The molecule has 0 aliphatic carbocycles. The van der Waals surface area contributed by atoms with Crippen LogP contribution in [0.5, 0.6) is 5.75 Å². The largest absolute Gasteiger partial charge is 0.491 e. The molecule has 4 nitrogen and oxygen atoms in total. The van der Waals surface area contributed by atoms with Gasteiger partial charge in [-0.05, 0) is 57.0 Å². The topological polar surface area (TPSA) is 56.5 Å². The SMILES string of the molecule is CCCOc1ccc(CCNCCCOCC)cc1N. The third-order valence-corrected chi connectivity index (χ3v) is 2.97. The summed E-state index contributed by atoms with van der Waals surface area (Å²) in [7, 11) is 0. The van der Waals surface area contributed by atoms with Crippen molar-refractivity contribution in [3.63, 3.8) is 0 Å². The number of ether oxygens (including phenoxy) is 2. The number of nitrogen functional groups attached to an aromatic ring is 1. The van der Waals surface area contributed by atoms with E-state index in [0.29, 0.717) is 6.61 Å². The van der Waals surface area contributed by atoms with Gasteiger partial charge in [-0.1, -0.05) is 13.0 Å². The van der Waals surface area contributed by atoms with E-state index in [2.05, 4.69) is 18.3 Å². The highest BCUT2D eigenvalue weighted by Crippen LogP contribution is 2.22. The van der Waals surface area contributed by atoms with Gasteiger partial charge in [0.25, 0.3) is 0 Å². The van der Waals surface area contributed by atoms with E-state index >= 15 is 0 Å². The van der Waals surface area contributed by atoms with Gasteiger partial charge in [-0.3, -0.25) is 0 Å². The third-order valence-electron chi connectivity index (χ3n) is 2.97. The fraction of sp³-hybridized carbons (Fsp3) is 0.625. The molecule has 4 heteroatoms. The smallest absolute Gasteiger partial charge is 0.142 e. The highest BCUT2D eigenvalue weighted by molar-refractivity contribution is 5.54. The maximum Gasteiger partial charge on any atom is 0.142 e. The van der Waals surface area contributed by atoms with E-state index in [1.165, 1.54) is 5.56 Å². The molecule has 1 rings (SSSR count). The van der Waals surface area contributed by atoms with Crippen LogP contribution in [0.4, 0.5) is 5.69 Å². The van der Waals surface area contributed by atoms with Crippen LogP contribution in [0.25, 0.3) is 0 Å². The number of rotatable bonds is 11. The fourth-order valence-corrected chi connectivity index (χ4v) is 1.90. The van der Waals surface area contributed by atoms with Crippen LogP contribution in [0.3, 0.4) is 0 Å². The Morgan fingerprint density at radius 3 is 2.70 bits per heavy atom. The number of anilines is 1. The summed E-state index contributed by atoms with van der Waals surface area (Å²) in [5.41, 5.74) is 7.95. The normalized spacial score (nSPS) is 10.7. The van der Waals surface area contributed by atoms with Gasteiger partial charge in [0.05, 0.1) is 12.3 Å². The van der Waals surface area contributed by atoms with E-state index in [1.54, 1.807) is 0 Å². The first-order valence-electron chi connectivity index (χ1n) is 7.57. The van der Waals surface area contributed by atoms with Crippen LogP contribution < -0.4 is 15.8 Å². The molecule has 0 heterocycles. The molecule has 20 heavy (non-hydrogen) atoms. The van der Waals surface area contributed by atoms with Gasteiger partial charge in [-0.15, -0.1) is 0 Å². The molecule has 0 amide bonds. The van der Waals surface area contributed by atoms with Crippen molar-refractivity contribution in [3.8, 4) is 5.75 Å². The Kier molecular flexibility index (Phi) is 8.83. The predicted molar refractivity (Wildman–Crippen MR) is 84.3 cm³/mol. The Labute approximate surface area is 122 Å². The van der Waals surface area contributed by atoms with Crippen molar-refractivity contribution in [2.75, 3.05) is 38.6 Å². The lowest BCUT2D eigenvalue weighted by Crippen LogP contribution is -2.19. The van der Waals surface area contributed by atoms with Crippen LogP contribution in [0, 0.1) is 0 Å². The summed E-state index contributed by atoms with van der Waals surface area (Å²) in [6.45, 7) is 8.40. The van der Waals surface area contributed by atoms with Crippen molar-refractivity contribution in [2.24, 2.45) is 0 Å². The summed E-state index contributed by atoms with van der Waals surface area (Å²) < 4.78 is 10.9. The van der Waals surface area contributed by atoms with E-state index in [-0.39, 0.29) is 0 Å². The summed E-state index contributed by atoms with van der Waals surface area (Å²) in [5, 5.41) is 3.41. The molecule has 1 aromatic rings. The van der Waals surface area contributed by atoms with Gasteiger partial charge in [-0.25, -0.2) is 0 Å². The molecule has 0 aromatic heterocycles. The molecule has 0 radical (unpaired) electrons. The first-order valence-corrected chi connectivity index (χ1v) is 7.57. The third kappa shape index (κ3) is 6.78. The van der Waals surface area contributed by atoms with E-state index in [1.807, 2.05) is 19.1 Å². The Hall–Kier alpha value is -1.26. The van der Waals surface area contributed by atoms with Gasteiger partial charge in [0.1, 0.15) is 5.75 Å². The molecular formula is C16H28N2O2. The zero-order chi connectivity index (χ0) is 14.6. The number of benzene rings is 1. The van der Waals surface area contributed by atoms with Crippen LogP contribution in [0.1, 0.15) is 32.3 Å². The first-order chi connectivity index (χ1) is 9.77. The maximum atomic E-state index is 5.99. The second kappa shape index (κ2) is 10.5. The molecule has 1 aromatic carbocycles. The van der Waals surface area contributed by atoms with Crippen LogP contribution in [-0.2, 0) is 11.2 Å². The van der Waals surface area contributed by atoms with E-state index in [4.69, 9.17) is 15.2 Å². The van der Waals surface area contributed by atoms with Crippen LogP contribution in [-0.4, -0.2) is 32.9 Å². The van der Waals surface area contributed by atoms with Crippen molar-refractivity contribution >= 4 is 5.69 Å². The van der Waals surface area contributed by atoms with Gasteiger partial charge in [-0.2, -0.15) is 0 Å². The minimum atomic E-state index is 0.713. The van der Waals surface area contributed by atoms with E-state index < -0.39 is 0 Å². The summed E-state index contributed by atoms with van der Waals surface area (Å²) in [6, 6.07) is 6.06. The van der Waals surface area contributed by atoms with Crippen molar-refractivity contribution in [1.29, 1.82) is 0 Å². The molecule has 0 saturated heterocycles. The molecule has 0 aliphatic heterocycles. The van der Waals surface area contributed by atoms with Crippen LogP contribution in [0.15, 0.2) is 18.2 Å². The molecule has 3 N–H and O–H groups in total. The van der Waals surface area contributed by atoms with Crippen LogP contribution in [0.2, 0.25) is 0 Å². The van der Waals surface area contributed by atoms with Crippen molar-refractivity contribution < 1.29 is 9.47 Å². The molecular weight excluding hydrogens is 252 g/mol. The first kappa shape index (κ1) is 16.8. The maximum absolute atomic E-state index is 5.99. The highest BCUT2D eigenvalue weighted by Gasteiger charge is 2.01. The quantitative estimate of drug-likeness (QED) is 0.483. The van der Waals surface area contributed by atoms with Gasteiger partial charge in [0.2, 0.25) is 0 Å². The van der Waals surface area contributed by atoms with Gasteiger partial charge < -0.3 is 20.5 Å². The lowest BCUT2D eigenvalue weighted by Gasteiger charge is -2.10. The van der Waals surface area contributed by atoms with Crippen molar-refractivity contribution in [1.82, 2.24) is 5.32 Å². The summed E-state index contributed by atoms with van der Waals surface area (Å²) in [5.74, 6) is 0.792. The second-order valence-corrected chi connectivity index (χ2v) is 4.77. The minimum absolute atomic E-state index is 0.713. The van der Waals surface area contributed by atoms with Gasteiger partial charge in [0.15, 0.2) is 0 Å². The molecule has 0 aliphatic rings.